The first-order valence-corrected chi connectivity index (χ1v) is 7.55. The summed E-state index contributed by atoms with van der Waals surface area (Å²) in [4.78, 5) is 2.32. The zero-order chi connectivity index (χ0) is 13.2. The van der Waals surface area contributed by atoms with Crippen LogP contribution in [0.5, 0.6) is 0 Å². The second-order valence-electron chi connectivity index (χ2n) is 5.90. The van der Waals surface area contributed by atoms with E-state index >= 15 is 0 Å². The minimum atomic E-state index is -0.103. The zero-order valence-corrected chi connectivity index (χ0v) is 11.4. The molecule has 1 aliphatic heterocycles. The summed E-state index contributed by atoms with van der Waals surface area (Å²) < 4.78 is 14.3. The van der Waals surface area contributed by atoms with Gasteiger partial charge in [-0.1, -0.05) is 25.0 Å². The predicted octanol–water partition coefficient (Wildman–Crippen LogP) is 3.44. The summed E-state index contributed by atoms with van der Waals surface area (Å²) in [6, 6.07) is 5.83. The zero-order valence-electron chi connectivity index (χ0n) is 11.4. The van der Waals surface area contributed by atoms with Crippen molar-refractivity contribution < 1.29 is 4.39 Å². The summed E-state index contributed by atoms with van der Waals surface area (Å²) in [5, 5.41) is 0. The molecule has 2 fully saturated rings. The van der Waals surface area contributed by atoms with Crippen molar-refractivity contribution in [3.05, 3.63) is 29.6 Å². The highest BCUT2D eigenvalue weighted by atomic mass is 19.1. The number of hydrogen-bond donors (Lipinski definition) is 1. The molecular formula is C16H23FN2. The highest BCUT2D eigenvalue weighted by Gasteiger charge is 2.34. The van der Waals surface area contributed by atoms with Gasteiger partial charge in [0.1, 0.15) is 5.82 Å². The standard InChI is InChI=1S/C16H23FN2/c17-14-8-3-6-13(11-18)16(14)19-10-4-7-12-5-1-2-9-15(12)19/h3,6,8,12,15H,1-2,4-5,7,9-11,18H2. The Hall–Kier alpha value is -1.09. The fourth-order valence-corrected chi connectivity index (χ4v) is 3.95. The van der Waals surface area contributed by atoms with E-state index in [2.05, 4.69) is 4.90 Å². The number of rotatable bonds is 2. The Balaban J connectivity index is 1.96. The van der Waals surface area contributed by atoms with E-state index in [0.717, 1.165) is 23.7 Å². The van der Waals surface area contributed by atoms with E-state index < -0.39 is 0 Å². The fourth-order valence-electron chi connectivity index (χ4n) is 3.95. The van der Waals surface area contributed by atoms with E-state index in [4.69, 9.17) is 5.73 Å². The van der Waals surface area contributed by atoms with Crippen LogP contribution in [0, 0.1) is 11.7 Å². The lowest BCUT2D eigenvalue weighted by atomic mass is 9.78. The van der Waals surface area contributed by atoms with Crippen molar-refractivity contribution in [2.75, 3.05) is 11.4 Å². The number of piperidine rings is 1. The van der Waals surface area contributed by atoms with Crippen LogP contribution < -0.4 is 10.6 Å². The normalized spacial score (nSPS) is 27.2. The molecule has 1 aromatic rings. The maximum absolute atomic E-state index is 14.3. The maximum Gasteiger partial charge on any atom is 0.146 e. The summed E-state index contributed by atoms with van der Waals surface area (Å²) in [7, 11) is 0. The maximum atomic E-state index is 14.3. The third-order valence-electron chi connectivity index (χ3n) is 4.82. The van der Waals surface area contributed by atoms with E-state index in [0.29, 0.717) is 12.6 Å². The SMILES string of the molecule is NCc1cccc(F)c1N1CCCC2CCCCC21. The summed E-state index contributed by atoms with van der Waals surface area (Å²) in [5.41, 5.74) is 7.53. The second kappa shape index (κ2) is 5.49. The molecule has 1 saturated heterocycles. The van der Waals surface area contributed by atoms with Crippen molar-refractivity contribution in [3.63, 3.8) is 0 Å². The number of anilines is 1. The first-order valence-electron chi connectivity index (χ1n) is 7.55. The highest BCUT2D eigenvalue weighted by molar-refractivity contribution is 5.56. The molecule has 2 atom stereocenters. The number of benzene rings is 1. The van der Waals surface area contributed by atoms with Crippen LogP contribution in [0.4, 0.5) is 10.1 Å². The van der Waals surface area contributed by atoms with Crippen LogP contribution in [-0.4, -0.2) is 12.6 Å². The Labute approximate surface area is 114 Å². The Kier molecular flexibility index (Phi) is 3.74. The van der Waals surface area contributed by atoms with Crippen molar-refractivity contribution in [3.8, 4) is 0 Å². The molecule has 0 aromatic heterocycles. The molecule has 0 radical (unpaired) electrons. The van der Waals surface area contributed by atoms with Crippen LogP contribution in [0.15, 0.2) is 18.2 Å². The Morgan fingerprint density at radius 3 is 2.79 bits per heavy atom. The minimum absolute atomic E-state index is 0.103. The molecule has 3 rings (SSSR count). The molecule has 0 spiro atoms. The van der Waals surface area contributed by atoms with Crippen LogP contribution in [0.1, 0.15) is 44.1 Å². The van der Waals surface area contributed by atoms with Crippen molar-refractivity contribution >= 4 is 5.69 Å². The molecule has 1 saturated carbocycles. The van der Waals surface area contributed by atoms with Gasteiger partial charge in [-0.15, -0.1) is 0 Å². The number of halogens is 1. The van der Waals surface area contributed by atoms with Gasteiger partial charge in [0.25, 0.3) is 0 Å². The molecule has 2 N–H and O–H groups in total. The number of para-hydroxylation sites is 1. The van der Waals surface area contributed by atoms with E-state index in [9.17, 15) is 4.39 Å². The largest absolute Gasteiger partial charge is 0.366 e. The Morgan fingerprint density at radius 1 is 1.16 bits per heavy atom. The van der Waals surface area contributed by atoms with Crippen LogP contribution in [0.25, 0.3) is 0 Å². The average molecular weight is 262 g/mol. The number of nitrogens with two attached hydrogens (primary N) is 1. The number of fused-ring (bicyclic) bond motifs is 1. The summed E-state index contributed by atoms with van der Waals surface area (Å²) in [6.07, 6.45) is 7.64. The third-order valence-corrected chi connectivity index (χ3v) is 4.82. The van der Waals surface area contributed by atoms with Crippen LogP contribution in [-0.2, 0) is 6.54 Å². The first-order chi connectivity index (χ1) is 9.31. The molecule has 1 aromatic carbocycles. The van der Waals surface area contributed by atoms with Crippen LogP contribution >= 0.6 is 0 Å². The Morgan fingerprint density at radius 2 is 1.95 bits per heavy atom. The van der Waals surface area contributed by atoms with Gasteiger partial charge in [-0.25, -0.2) is 4.39 Å². The van der Waals surface area contributed by atoms with Gasteiger partial charge in [-0.05, 0) is 43.2 Å². The van der Waals surface area contributed by atoms with Crippen molar-refractivity contribution in [1.82, 2.24) is 0 Å². The molecule has 104 valence electrons. The lowest BCUT2D eigenvalue weighted by Gasteiger charge is -2.46. The Bertz CT molecular complexity index is 444. The van der Waals surface area contributed by atoms with E-state index in [-0.39, 0.29) is 5.82 Å². The van der Waals surface area contributed by atoms with Gasteiger partial charge in [0.05, 0.1) is 5.69 Å². The summed E-state index contributed by atoms with van der Waals surface area (Å²) in [5.74, 6) is 0.655. The smallest absolute Gasteiger partial charge is 0.146 e. The molecule has 0 bridgehead atoms. The first kappa shape index (κ1) is 12.9. The molecule has 0 amide bonds. The van der Waals surface area contributed by atoms with Gasteiger partial charge in [-0.2, -0.15) is 0 Å². The van der Waals surface area contributed by atoms with Gasteiger partial charge in [0.15, 0.2) is 0 Å². The molecule has 2 aliphatic rings. The van der Waals surface area contributed by atoms with Gasteiger partial charge < -0.3 is 10.6 Å². The molecule has 1 aliphatic carbocycles. The predicted molar refractivity (Wildman–Crippen MR) is 76.6 cm³/mol. The van der Waals surface area contributed by atoms with Gasteiger partial charge >= 0.3 is 0 Å². The van der Waals surface area contributed by atoms with E-state index in [1.807, 2.05) is 6.07 Å². The van der Waals surface area contributed by atoms with Gasteiger partial charge in [-0.3, -0.25) is 0 Å². The lowest BCUT2D eigenvalue weighted by Crippen LogP contribution is -2.47. The topological polar surface area (TPSA) is 29.3 Å². The van der Waals surface area contributed by atoms with Crippen molar-refractivity contribution in [2.45, 2.75) is 51.1 Å². The molecule has 1 heterocycles. The average Bonchev–Trinajstić information content (AvgIpc) is 2.46. The van der Waals surface area contributed by atoms with Crippen molar-refractivity contribution in [2.24, 2.45) is 11.7 Å². The molecule has 3 heteroatoms. The molecule has 19 heavy (non-hydrogen) atoms. The quantitative estimate of drug-likeness (QED) is 0.884. The van der Waals surface area contributed by atoms with E-state index in [1.165, 1.54) is 38.5 Å². The monoisotopic (exact) mass is 262 g/mol. The fraction of sp³-hybridized carbons (Fsp3) is 0.625. The molecule has 2 nitrogen and oxygen atoms in total. The summed E-state index contributed by atoms with van der Waals surface area (Å²) >= 11 is 0. The summed E-state index contributed by atoms with van der Waals surface area (Å²) in [6.45, 7) is 1.40. The van der Waals surface area contributed by atoms with Crippen LogP contribution in [0.3, 0.4) is 0 Å². The van der Waals surface area contributed by atoms with Gasteiger partial charge in [0.2, 0.25) is 0 Å². The third kappa shape index (κ3) is 2.36. The minimum Gasteiger partial charge on any atom is -0.366 e. The molecule has 2 unspecified atom stereocenters. The van der Waals surface area contributed by atoms with Crippen molar-refractivity contribution in [1.29, 1.82) is 0 Å². The van der Waals surface area contributed by atoms with E-state index in [1.54, 1.807) is 12.1 Å². The highest BCUT2D eigenvalue weighted by Crippen LogP contribution is 2.39. The second-order valence-corrected chi connectivity index (χ2v) is 5.90. The lowest BCUT2D eigenvalue weighted by molar-refractivity contribution is 0.242. The number of nitrogens with zero attached hydrogens (tertiary/aromatic N) is 1. The van der Waals surface area contributed by atoms with Gasteiger partial charge in [0, 0.05) is 19.1 Å². The molecular weight excluding hydrogens is 239 g/mol. The van der Waals surface area contributed by atoms with Crippen LogP contribution in [0.2, 0.25) is 0 Å². The number of hydrogen-bond acceptors (Lipinski definition) is 2.